The van der Waals surface area contributed by atoms with Crippen molar-refractivity contribution in [1.29, 1.82) is 0 Å². The van der Waals surface area contributed by atoms with Gasteiger partial charge >= 0.3 is 0 Å². The van der Waals surface area contributed by atoms with Crippen molar-refractivity contribution in [2.75, 3.05) is 36.5 Å². The van der Waals surface area contributed by atoms with Crippen LogP contribution < -0.4 is 10.2 Å². The van der Waals surface area contributed by atoms with Crippen molar-refractivity contribution >= 4 is 23.5 Å². The maximum Gasteiger partial charge on any atom is 0.249 e. The maximum atomic E-state index is 11.9. The van der Waals surface area contributed by atoms with E-state index in [2.05, 4.69) is 15.2 Å². The second-order valence-electron chi connectivity index (χ2n) is 5.27. The van der Waals surface area contributed by atoms with E-state index < -0.39 is 0 Å². The van der Waals surface area contributed by atoms with E-state index in [4.69, 9.17) is 9.15 Å². The summed E-state index contributed by atoms with van der Waals surface area (Å²) in [5, 5.41) is 2.73. The second-order valence-corrected chi connectivity index (χ2v) is 5.27. The molecule has 0 spiro atoms. The highest BCUT2D eigenvalue weighted by atomic mass is 16.5. The standard InChI is InChI=1S/C17H19N3O3/c1-13-2-4-15(23-13)5-7-17(21)19-16-6-3-14(12-18-16)20-8-10-22-11-9-20/h2-7,12H,8-11H2,1H3,(H,18,19,21)/b7-5+. The number of aryl methyl sites for hydroxylation is 1. The van der Waals surface area contributed by atoms with Gasteiger partial charge in [-0.15, -0.1) is 0 Å². The average Bonchev–Trinajstić information content (AvgIpc) is 3.00. The number of carbonyl (C=O) groups is 1. The quantitative estimate of drug-likeness (QED) is 0.878. The Labute approximate surface area is 134 Å². The largest absolute Gasteiger partial charge is 0.462 e. The van der Waals surface area contributed by atoms with Gasteiger partial charge in [0, 0.05) is 19.2 Å². The van der Waals surface area contributed by atoms with Gasteiger partial charge in [-0.05, 0) is 37.3 Å². The first kappa shape index (κ1) is 15.3. The molecule has 6 nitrogen and oxygen atoms in total. The summed E-state index contributed by atoms with van der Waals surface area (Å²) in [5.74, 6) is 1.73. The first-order valence-corrected chi connectivity index (χ1v) is 7.55. The Morgan fingerprint density at radius 2 is 2.09 bits per heavy atom. The summed E-state index contributed by atoms with van der Waals surface area (Å²) in [6, 6.07) is 7.42. The third kappa shape index (κ3) is 4.20. The number of nitrogens with one attached hydrogen (secondary N) is 1. The summed E-state index contributed by atoms with van der Waals surface area (Å²) in [6.45, 7) is 5.04. The van der Waals surface area contributed by atoms with Crippen molar-refractivity contribution in [2.45, 2.75) is 6.92 Å². The summed E-state index contributed by atoms with van der Waals surface area (Å²) < 4.78 is 10.7. The van der Waals surface area contributed by atoms with Gasteiger partial charge in [0.2, 0.25) is 5.91 Å². The van der Waals surface area contributed by atoms with E-state index in [-0.39, 0.29) is 5.91 Å². The molecule has 0 bridgehead atoms. The lowest BCUT2D eigenvalue weighted by Crippen LogP contribution is -2.36. The molecule has 1 N–H and O–H groups in total. The molecule has 0 aliphatic carbocycles. The third-order valence-electron chi connectivity index (χ3n) is 3.54. The molecule has 1 fully saturated rings. The smallest absolute Gasteiger partial charge is 0.249 e. The molecular weight excluding hydrogens is 294 g/mol. The minimum Gasteiger partial charge on any atom is -0.462 e. The predicted molar refractivity (Wildman–Crippen MR) is 88.4 cm³/mol. The van der Waals surface area contributed by atoms with Crippen molar-refractivity contribution in [1.82, 2.24) is 4.98 Å². The van der Waals surface area contributed by atoms with Crippen molar-refractivity contribution in [3.63, 3.8) is 0 Å². The number of ether oxygens (including phenoxy) is 1. The maximum absolute atomic E-state index is 11.9. The molecule has 0 saturated carbocycles. The highest BCUT2D eigenvalue weighted by molar-refractivity contribution is 6.01. The number of hydrogen-bond donors (Lipinski definition) is 1. The highest BCUT2D eigenvalue weighted by Crippen LogP contribution is 2.16. The lowest BCUT2D eigenvalue weighted by molar-refractivity contribution is -0.111. The lowest BCUT2D eigenvalue weighted by atomic mass is 10.3. The molecule has 0 atom stereocenters. The van der Waals surface area contributed by atoms with Gasteiger partial charge in [0.25, 0.3) is 0 Å². The van der Waals surface area contributed by atoms with Crippen molar-refractivity contribution in [2.24, 2.45) is 0 Å². The molecule has 6 heteroatoms. The van der Waals surface area contributed by atoms with Crippen LogP contribution in [0.2, 0.25) is 0 Å². The molecule has 1 amide bonds. The first-order valence-electron chi connectivity index (χ1n) is 7.55. The predicted octanol–water partition coefficient (Wildman–Crippen LogP) is 2.47. The van der Waals surface area contributed by atoms with Crippen LogP contribution >= 0.6 is 0 Å². The normalized spacial score (nSPS) is 15.1. The van der Waals surface area contributed by atoms with E-state index in [0.717, 1.165) is 37.8 Å². The molecule has 2 aromatic rings. The molecule has 120 valence electrons. The minimum atomic E-state index is -0.245. The molecule has 1 aliphatic heterocycles. The number of amides is 1. The molecule has 3 heterocycles. The van der Waals surface area contributed by atoms with Gasteiger partial charge in [0.1, 0.15) is 17.3 Å². The second kappa shape index (κ2) is 7.11. The SMILES string of the molecule is Cc1ccc(/C=C/C(=O)Nc2ccc(N3CCOCC3)cn2)o1. The van der Waals surface area contributed by atoms with Crippen LogP contribution in [0.15, 0.2) is 41.0 Å². The number of morpholine rings is 1. The number of anilines is 2. The summed E-state index contributed by atoms with van der Waals surface area (Å²) in [6.07, 6.45) is 4.82. The zero-order valence-corrected chi connectivity index (χ0v) is 13.0. The van der Waals surface area contributed by atoms with Crippen LogP contribution in [0.25, 0.3) is 6.08 Å². The Balaban J connectivity index is 1.57. The van der Waals surface area contributed by atoms with Crippen molar-refractivity contribution in [3.8, 4) is 0 Å². The average molecular weight is 313 g/mol. The summed E-state index contributed by atoms with van der Waals surface area (Å²) in [4.78, 5) is 18.4. The molecule has 23 heavy (non-hydrogen) atoms. The molecule has 0 radical (unpaired) electrons. The monoisotopic (exact) mass is 313 g/mol. The first-order chi connectivity index (χ1) is 11.2. The van der Waals surface area contributed by atoms with E-state index in [0.29, 0.717) is 11.6 Å². The van der Waals surface area contributed by atoms with E-state index in [1.807, 2.05) is 25.1 Å². The Morgan fingerprint density at radius 1 is 1.26 bits per heavy atom. The van der Waals surface area contributed by atoms with Crippen molar-refractivity contribution in [3.05, 3.63) is 48.1 Å². The zero-order valence-electron chi connectivity index (χ0n) is 13.0. The van der Waals surface area contributed by atoms with Crippen LogP contribution in [-0.4, -0.2) is 37.2 Å². The molecule has 1 aliphatic rings. The van der Waals surface area contributed by atoms with Crippen LogP contribution in [-0.2, 0) is 9.53 Å². The van der Waals surface area contributed by atoms with Gasteiger partial charge in [-0.3, -0.25) is 4.79 Å². The van der Waals surface area contributed by atoms with Gasteiger partial charge in [-0.25, -0.2) is 4.98 Å². The number of rotatable bonds is 4. The number of hydrogen-bond acceptors (Lipinski definition) is 5. The summed E-state index contributed by atoms with van der Waals surface area (Å²) in [7, 11) is 0. The third-order valence-corrected chi connectivity index (χ3v) is 3.54. The molecule has 3 rings (SSSR count). The van der Waals surface area contributed by atoms with Gasteiger partial charge in [0.05, 0.1) is 25.1 Å². The van der Waals surface area contributed by atoms with E-state index in [1.54, 1.807) is 18.3 Å². The zero-order chi connectivity index (χ0) is 16.1. The van der Waals surface area contributed by atoms with Gasteiger partial charge in [-0.2, -0.15) is 0 Å². The van der Waals surface area contributed by atoms with Crippen LogP contribution in [0, 0.1) is 6.92 Å². The summed E-state index contributed by atoms with van der Waals surface area (Å²) in [5.41, 5.74) is 1.04. The summed E-state index contributed by atoms with van der Waals surface area (Å²) >= 11 is 0. The van der Waals surface area contributed by atoms with Crippen LogP contribution in [0.1, 0.15) is 11.5 Å². The van der Waals surface area contributed by atoms with Crippen molar-refractivity contribution < 1.29 is 13.9 Å². The fourth-order valence-corrected chi connectivity index (χ4v) is 2.34. The number of carbonyl (C=O) groups excluding carboxylic acids is 1. The van der Waals surface area contributed by atoms with E-state index in [1.165, 1.54) is 6.08 Å². The minimum absolute atomic E-state index is 0.245. The molecule has 2 aromatic heterocycles. The number of furan rings is 1. The van der Waals surface area contributed by atoms with Gasteiger partial charge < -0.3 is 19.4 Å². The number of nitrogens with zero attached hydrogens (tertiary/aromatic N) is 2. The van der Waals surface area contributed by atoms with Crippen LogP contribution in [0.5, 0.6) is 0 Å². The van der Waals surface area contributed by atoms with Crippen LogP contribution in [0.3, 0.4) is 0 Å². The number of pyridine rings is 1. The Morgan fingerprint density at radius 3 is 2.74 bits per heavy atom. The highest BCUT2D eigenvalue weighted by Gasteiger charge is 2.11. The molecule has 0 aromatic carbocycles. The Bertz CT molecular complexity index is 685. The van der Waals surface area contributed by atoms with Crippen LogP contribution in [0.4, 0.5) is 11.5 Å². The fourth-order valence-electron chi connectivity index (χ4n) is 2.34. The molecule has 1 saturated heterocycles. The van der Waals surface area contributed by atoms with E-state index >= 15 is 0 Å². The fraction of sp³-hybridized carbons (Fsp3) is 0.294. The Kier molecular flexibility index (Phi) is 4.73. The van der Waals surface area contributed by atoms with Gasteiger partial charge in [-0.1, -0.05) is 0 Å². The van der Waals surface area contributed by atoms with E-state index in [9.17, 15) is 4.79 Å². The molecular formula is C17H19N3O3. The molecule has 0 unspecified atom stereocenters. The number of aromatic nitrogens is 1. The van der Waals surface area contributed by atoms with Gasteiger partial charge in [0.15, 0.2) is 0 Å². The lowest BCUT2D eigenvalue weighted by Gasteiger charge is -2.28. The Hall–Kier alpha value is -2.60. The topological polar surface area (TPSA) is 67.6 Å².